The van der Waals surface area contributed by atoms with Crippen LogP contribution in [0.25, 0.3) is 0 Å². The lowest BCUT2D eigenvalue weighted by Crippen LogP contribution is -2.34. The molecule has 3 rings (SSSR count). The van der Waals surface area contributed by atoms with Crippen molar-refractivity contribution in [3.63, 3.8) is 0 Å². The summed E-state index contributed by atoms with van der Waals surface area (Å²) in [5.41, 5.74) is 2.51. The second-order valence-electron chi connectivity index (χ2n) is 3.77. The van der Waals surface area contributed by atoms with Gasteiger partial charge >= 0.3 is 0 Å². The molecule has 0 bridgehead atoms. The van der Waals surface area contributed by atoms with Gasteiger partial charge in [-0.25, -0.2) is 15.8 Å². The number of anilines is 2. The molecule has 0 aromatic carbocycles. The van der Waals surface area contributed by atoms with Gasteiger partial charge in [0.25, 0.3) is 0 Å². The quantitative estimate of drug-likeness (QED) is 0.525. The molecule has 0 amide bonds. The van der Waals surface area contributed by atoms with Gasteiger partial charge in [-0.15, -0.1) is 10.2 Å². The molecule has 0 atom stereocenters. The van der Waals surface area contributed by atoms with Crippen molar-refractivity contribution in [3.05, 3.63) is 24.5 Å². The number of nitrogens with two attached hydrogens (primary N) is 1. The van der Waals surface area contributed by atoms with Gasteiger partial charge in [0.2, 0.25) is 0 Å². The van der Waals surface area contributed by atoms with E-state index in [0.29, 0.717) is 12.4 Å². The van der Waals surface area contributed by atoms with E-state index in [4.69, 9.17) is 5.84 Å². The van der Waals surface area contributed by atoms with Gasteiger partial charge in [0, 0.05) is 19.2 Å². The van der Waals surface area contributed by atoms with Crippen molar-refractivity contribution in [1.29, 1.82) is 0 Å². The fourth-order valence-electron chi connectivity index (χ4n) is 1.86. The Balaban J connectivity index is 1.86. The van der Waals surface area contributed by atoms with Crippen molar-refractivity contribution >= 4 is 11.6 Å². The highest BCUT2D eigenvalue weighted by Crippen LogP contribution is 2.18. The van der Waals surface area contributed by atoms with E-state index in [-0.39, 0.29) is 0 Å². The molecule has 0 saturated carbocycles. The molecule has 0 radical (unpaired) electrons. The van der Waals surface area contributed by atoms with Crippen molar-refractivity contribution < 1.29 is 0 Å². The van der Waals surface area contributed by atoms with E-state index in [1.165, 1.54) is 6.33 Å². The summed E-state index contributed by atoms with van der Waals surface area (Å²) in [5, 5.41) is 7.95. The number of hydrazine groups is 1. The van der Waals surface area contributed by atoms with E-state index in [2.05, 4.69) is 30.5 Å². The molecule has 88 valence electrons. The van der Waals surface area contributed by atoms with Crippen LogP contribution in [0.15, 0.2) is 18.7 Å². The van der Waals surface area contributed by atoms with Crippen LogP contribution in [0.5, 0.6) is 0 Å². The molecule has 3 heterocycles. The summed E-state index contributed by atoms with van der Waals surface area (Å²) in [6, 6.07) is 1.81. The van der Waals surface area contributed by atoms with Crippen LogP contribution in [0.4, 0.5) is 11.6 Å². The molecule has 1 aliphatic heterocycles. The molecule has 0 aliphatic carbocycles. The Morgan fingerprint density at radius 3 is 3.12 bits per heavy atom. The zero-order chi connectivity index (χ0) is 11.7. The Hall–Kier alpha value is -2.22. The number of fused-ring (bicyclic) bond motifs is 1. The van der Waals surface area contributed by atoms with Crippen molar-refractivity contribution in [2.24, 2.45) is 5.84 Å². The third-order valence-corrected chi connectivity index (χ3v) is 2.76. The molecule has 3 N–H and O–H groups in total. The minimum absolute atomic E-state index is 0.599. The van der Waals surface area contributed by atoms with Gasteiger partial charge in [-0.3, -0.25) is 0 Å². The first-order valence-corrected chi connectivity index (χ1v) is 5.27. The zero-order valence-electron chi connectivity index (χ0n) is 9.11. The normalized spacial score (nSPS) is 14.5. The molecule has 17 heavy (non-hydrogen) atoms. The van der Waals surface area contributed by atoms with Crippen molar-refractivity contribution in [1.82, 2.24) is 24.7 Å². The molecule has 1 aliphatic rings. The molecular formula is C9H12N8. The van der Waals surface area contributed by atoms with E-state index in [1.807, 2.05) is 10.6 Å². The standard InChI is InChI=1S/C9H12N8/c10-14-7-3-8(12-5-11-7)16-1-2-17-6-13-15-9(17)4-16/h3,5-6H,1-2,4,10H2,(H,11,12,14). The number of hydrogen-bond acceptors (Lipinski definition) is 7. The average Bonchev–Trinajstić information content (AvgIpc) is 2.86. The van der Waals surface area contributed by atoms with Gasteiger partial charge in [0.1, 0.15) is 24.3 Å². The summed E-state index contributed by atoms with van der Waals surface area (Å²) >= 11 is 0. The lowest BCUT2D eigenvalue weighted by atomic mass is 10.3. The predicted octanol–water partition coefficient (Wildman–Crippen LogP) is -0.626. The van der Waals surface area contributed by atoms with Gasteiger partial charge in [-0.05, 0) is 0 Å². The number of nitrogens with one attached hydrogen (secondary N) is 1. The molecule has 0 saturated heterocycles. The molecule has 0 fully saturated rings. The lowest BCUT2D eigenvalue weighted by molar-refractivity contribution is 0.556. The highest BCUT2D eigenvalue weighted by Gasteiger charge is 2.18. The minimum Gasteiger partial charge on any atom is -0.347 e. The van der Waals surface area contributed by atoms with Gasteiger partial charge in [-0.1, -0.05) is 0 Å². The van der Waals surface area contributed by atoms with Crippen LogP contribution in [0.3, 0.4) is 0 Å². The maximum Gasteiger partial charge on any atom is 0.152 e. The first-order chi connectivity index (χ1) is 8.36. The zero-order valence-corrected chi connectivity index (χ0v) is 9.11. The fourth-order valence-corrected chi connectivity index (χ4v) is 1.86. The Morgan fingerprint density at radius 2 is 2.24 bits per heavy atom. The number of rotatable bonds is 2. The topological polar surface area (TPSA) is 97.8 Å². The van der Waals surface area contributed by atoms with Crippen LogP contribution in [0, 0.1) is 0 Å². The second-order valence-corrected chi connectivity index (χ2v) is 3.77. The molecule has 0 spiro atoms. The van der Waals surface area contributed by atoms with Crippen molar-refractivity contribution in [2.75, 3.05) is 16.9 Å². The minimum atomic E-state index is 0.599. The Kier molecular flexibility index (Phi) is 2.33. The Bertz CT molecular complexity index is 521. The fraction of sp³-hybridized carbons (Fsp3) is 0.333. The van der Waals surface area contributed by atoms with E-state index >= 15 is 0 Å². The number of nitrogen functional groups attached to an aromatic ring is 1. The van der Waals surface area contributed by atoms with Crippen LogP contribution in [-0.2, 0) is 13.1 Å². The van der Waals surface area contributed by atoms with Crippen LogP contribution in [0.1, 0.15) is 5.82 Å². The lowest BCUT2D eigenvalue weighted by Gasteiger charge is -2.27. The van der Waals surface area contributed by atoms with Crippen LogP contribution in [-0.4, -0.2) is 31.3 Å². The Morgan fingerprint density at radius 1 is 1.29 bits per heavy atom. The van der Waals surface area contributed by atoms with Gasteiger partial charge in [0.15, 0.2) is 5.82 Å². The molecule has 0 unspecified atom stereocenters. The van der Waals surface area contributed by atoms with E-state index in [0.717, 1.165) is 24.7 Å². The summed E-state index contributed by atoms with van der Waals surface area (Å²) in [6.07, 6.45) is 3.24. The molecule has 2 aromatic rings. The van der Waals surface area contributed by atoms with E-state index in [1.54, 1.807) is 6.33 Å². The predicted molar refractivity (Wildman–Crippen MR) is 60.9 cm³/mol. The summed E-state index contributed by atoms with van der Waals surface area (Å²) in [4.78, 5) is 10.3. The second kappa shape index (κ2) is 3.98. The largest absolute Gasteiger partial charge is 0.347 e. The number of aromatic nitrogens is 5. The summed E-state index contributed by atoms with van der Waals surface area (Å²) in [7, 11) is 0. The maximum atomic E-state index is 5.32. The molecule has 8 heteroatoms. The first-order valence-electron chi connectivity index (χ1n) is 5.27. The first kappa shape index (κ1) is 9.97. The van der Waals surface area contributed by atoms with Gasteiger partial charge in [-0.2, -0.15) is 0 Å². The third-order valence-electron chi connectivity index (χ3n) is 2.76. The number of hydrogen-bond donors (Lipinski definition) is 2. The number of nitrogens with zero attached hydrogens (tertiary/aromatic N) is 6. The van der Waals surface area contributed by atoms with E-state index in [9.17, 15) is 0 Å². The van der Waals surface area contributed by atoms with Crippen LogP contribution in [0.2, 0.25) is 0 Å². The Labute approximate surface area is 97.5 Å². The van der Waals surface area contributed by atoms with E-state index < -0.39 is 0 Å². The monoisotopic (exact) mass is 232 g/mol. The SMILES string of the molecule is NNc1cc(N2CCn3cnnc3C2)ncn1. The summed E-state index contributed by atoms with van der Waals surface area (Å²) in [6.45, 7) is 2.42. The van der Waals surface area contributed by atoms with Crippen molar-refractivity contribution in [2.45, 2.75) is 13.1 Å². The van der Waals surface area contributed by atoms with Crippen molar-refractivity contribution in [3.8, 4) is 0 Å². The molecular weight excluding hydrogens is 220 g/mol. The summed E-state index contributed by atoms with van der Waals surface area (Å²) < 4.78 is 2.04. The van der Waals surface area contributed by atoms with Gasteiger partial charge < -0.3 is 14.9 Å². The molecule has 8 nitrogen and oxygen atoms in total. The third kappa shape index (κ3) is 1.78. The smallest absolute Gasteiger partial charge is 0.152 e. The van der Waals surface area contributed by atoms with Gasteiger partial charge in [0.05, 0.1) is 6.54 Å². The maximum absolute atomic E-state index is 5.32. The average molecular weight is 232 g/mol. The summed E-state index contributed by atoms with van der Waals surface area (Å²) in [5.74, 6) is 7.70. The highest BCUT2D eigenvalue weighted by molar-refractivity contribution is 5.48. The molecule has 2 aromatic heterocycles. The van der Waals surface area contributed by atoms with Crippen LogP contribution >= 0.6 is 0 Å². The van der Waals surface area contributed by atoms with Crippen LogP contribution < -0.4 is 16.2 Å². The highest BCUT2D eigenvalue weighted by atomic mass is 15.3.